The van der Waals surface area contributed by atoms with Crippen LogP contribution in [0, 0.1) is 0 Å². The van der Waals surface area contributed by atoms with Crippen LogP contribution in [0.2, 0.25) is 0 Å². The Balaban J connectivity index is 2.80. The maximum Gasteiger partial charge on any atom is 0.0858 e. The van der Waals surface area contributed by atoms with E-state index in [0.717, 1.165) is 25.7 Å². The Morgan fingerprint density at radius 1 is 1.17 bits per heavy atom. The molecule has 12 heavy (non-hydrogen) atoms. The molecule has 1 aromatic heterocycles. The highest BCUT2D eigenvalue weighted by Gasteiger charge is 2.07. The number of hydrogen-bond donors (Lipinski definition) is 0. The van der Waals surface area contributed by atoms with Gasteiger partial charge in [0, 0.05) is 7.05 Å². The highest BCUT2D eigenvalue weighted by Crippen LogP contribution is 2.08. The van der Waals surface area contributed by atoms with E-state index in [1.54, 1.807) is 0 Å². The van der Waals surface area contributed by atoms with Gasteiger partial charge in [-0.1, -0.05) is 31.9 Å². The number of aromatic nitrogens is 3. The normalized spacial score (nSPS) is 10.6. The molecule has 1 rings (SSSR count). The average molecular weight is 167 g/mol. The third-order valence-electron chi connectivity index (χ3n) is 2.00. The molecule has 0 amide bonds. The van der Waals surface area contributed by atoms with Crippen LogP contribution < -0.4 is 0 Å². The summed E-state index contributed by atoms with van der Waals surface area (Å²) in [7, 11) is 1.97. The summed E-state index contributed by atoms with van der Waals surface area (Å²) in [6.45, 7) is 4.35. The molecule has 0 atom stereocenters. The highest BCUT2D eigenvalue weighted by atomic mass is 15.4. The van der Waals surface area contributed by atoms with Gasteiger partial charge in [-0.2, -0.15) is 0 Å². The zero-order chi connectivity index (χ0) is 8.97. The number of hydrogen-bond acceptors (Lipinski definition) is 2. The van der Waals surface area contributed by atoms with Crippen molar-refractivity contribution in [2.24, 2.45) is 7.05 Å². The van der Waals surface area contributed by atoms with E-state index in [2.05, 4.69) is 24.2 Å². The number of rotatable bonds is 4. The third-order valence-corrected chi connectivity index (χ3v) is 2.00. The molecule has 0 fully saturated rings. The van der Waals surface area contributed by atoms with Crippen LogP contribution in [0.1, 0.15) is 38.1 Å². The van der Waals surface area contributed by atoms with Crippen molar-refractivity contribution < 1.29 is 0 Å². The SMILES string of the molecule is CCCc1nnn(C)c1CCC. The molecule has 0 unspecified atom stereocenters. The summed E-state index contributed by atoms with van der Waals surface area (Å²) < 4.78 is 1.90. The van der Waals surface area contributed by atoms with Gasteiger partial charge >= 0.3 is 0 Å². The Morgan fingerprint density at radius 3 is 2.42 bits per heavy atom. The Hall–Kier alpha value is -0.860. The molecule has 3 nitrogen and oxygen atoms in total. The minimum Gasteiger partial charge on any atom is -0.252 e. The van der Waals surface area contributed by atoms with E-state index in [1.165, 1.54) is 11.4 Å². The van der Waals surface area contributed by atoms with Gasteiger partial charge in [0.2, 0.25) is 0 Å². The smallest absolute Gasteiger partial charge is 0.0858 e. The minimum absolute atomic E-state index is 1.06. The quantitative estimate of drug-likeness (QED) is 0.683. The molecule has 68 valence electrons. The molecule has 0 aliphatic rings. The lowest BCUT2D eigenvalue weighted by atomic mass is 10.1. The van der Waals surface area contributed by atoms with Gasteiger partial charge in [-0.15, -0.1) is 5.10 Å². The van der Waals surface area contributed by atoms with Crippen molar-refractivity contribution >= 4 is 0 Å². The van der Waals surface area contributed by atoms with Crippen molar-refractivity contribution in [2.45, 2.75) is 39.5 Å². The van der Waals surface area contributed by atoms with Crippen LogP contribution in [-0.2, 0) is 19.9 Å². The van der Waals surface area contributed by atoms with Crippen molar-refractivity contribution in [3.63, 3.8) is 0 Å². The lowest BCUT2D eigenvalue weighted by Gasteiger charge is -2.00. The molecule has 0 saturated heterocycles. The topological polar surface area (TPSA) is 30.7 Å². The van der Waals surface area contributed by atoms with E-state index in [1.807, 2.05) is 11.7 Å². The van der Waals surface area contributed by atoms with Crippen LogP contribution in [0.5, 0.6) is 0 Å². The first kappa shape index (κ1) is 9.23. The second kappa shape index (κ2) is 4.24. The Kier molecular flexibility index (Phi) is 3.26. The first-order chi connectivity index (χ1) is 5.79. The van der Waals surface area contributed by atoms with Crippen LogP contribution in [0.4, 0.5) is 0 Å². The monoisotopic (exact) mass is 167 g/mol. The standard InChI is InChI=1S/C9H17N3/c1-4-6-8-9(7-5-2)12(3)11-10-8/h4-7H2,1-3H3. The molecule has 1 heterocycles. The summed E-state index contributed by atoms with van der Waals surface area (Å²) >= 11 is 0. The maximum atomic E-state index is 4.14. The van der Waals surface area contributed by atoms with E-state index in [9.17, 15) is 0 Å². The summed E-state index contributed by atoms with van der Waals surface area (Å²) in [5.74, 6) is 0. The van der Waals surface area contributed by atoms with Gasteiger partial charge in [0.15, 0.2) is 0 Å². The highest BCUT2D eigenvalue weighted by molar-refractivity contribution is 5.09. The summed E-state index contributed by atoms with van der Waals surface area (Å²) in [6, 6.07) is 0. The third kappa shape index (κ3) is 1.84. The molecule has 0 N–H and O–H groups in total. The largest absolute Gasteiger partial charge is 0.252 e. The summed E-state index contributed by atoms with van der Waals surface area (Å²) in [6.07, 6.45) is 4.47. The van der Waals surface area contributed by atoms with E-state index in [0.29, 0.717) is 0 Å². The Labute approximate surface area is 73.8 Å². The van der Waals surface area contributed by atoms with Gasteiger partial charge in [0.05, 0.1) is 11.4 Å². The Bertz CT molecular complexity index is 240. The lowest BCUT2D eigenvalue weighted by Crippen LogP contribution is -2.00. The minimum atomic E-state index is 1.06. The zero-order valence-electron chi connectivity index (χ0n) is 8.17. The molecule has 0 aliphatic carbocycles. The Morgan fingerprint density at radius 2 is 1.83 bits per heavy atom. The summed E-state index contributed by atoms with van der Waals surface area (Å²) in [5.41, 5.74) is 2.49. The van der Waals surface area contributed by atoms with Crippen LogP contribution in [-0.4, -0.2) is 15.0 Å². The summed E-state index contributed by atoms with van der Waals surface area (Å²) in [4.78, 5) is 0. The lowest BCUT2D eigenvalue weighted by molar-refractivity contribution is 0.669. The molecule has 0 saturated carbocycles. The van der Waals surface area contributed by atoms with Gasteiger partial charge in [0.1, 0.15) is 0 Å². The van der Waals surface area contributed by atoms with Gasteiger partial charge in [-0.3, -0.25) is 4.68 Å². The van der Waals surface area contributed by atoms with Crippen LogP contribution >= 0.6 is 0 Å². The predicted octanol–water partition coefficient (Wildman–Crippen LogP) is 1.72. The first-order valence-corrected chi connectivity index (χ1v) is 4.67. The van der Waals surface area contributed by atoms with Crippen molar-refractivity contribution in [1.82, 2.24) is 15.0 Å². The van der Waals surface area contributed by atoms with Crippen molar-refractivity contribution in [1.29, 1.82) is 0 Å². The first-order valence-electron chi connectivity index (χ1n) is 4.67. The molecular formula is C9H17N3. The fourth-order valence-electron chi connectivity index (χ4n) is 1.39. The van der Waals surface area contributed by atoms with Gasteiger partial charge in [-0.05, 0) is 12.8 Å². The molecule has 0 spiro atoms. The van der Waals surface area contributed by atoms with E-state index in [-0.39, 0.29) is 0 Å². The second-order valence-corrected chi connectivity index (χ2v) is 3.11. The van der Waals surface area contributed by atoms with Crippen molar-refractivity contribution in [3.05, 3.63) is 11.4 Å². The predicted molar refractivity (Wildman–Crippen MR) is 49.0 cm³/mol. The molecule has 0 bridgehead atoms. The van der Waals surface area contributed by atoms with E-state index >= 15 is 0 Å². The van der Waals surface area contributed by atoms with Crippen molar-refractivity contribution in [3.8, 4) is 0 Å². The van der Waals surface area contributed by atoms with Gasteiger partial charge in [0.25, 0.3) is 0 Å². The second-order valence-electron chi connectivity index (χ2n) is 3.11. The number of aryl methyl sites for hydroxylation is 2. The van der Waals surface area contributed by atoms with E-state index < -0.39 is 0 Å². The molecule has 0 aliphatic heterocycles. The molecule has 0 radical (unpaired) electrons. The van der Waals surface area contributed by atoms with Gasteiger partial charge in [-0.25, -0.2) is 0 Å². The number of nitrogens with zero attached hydrogens (tertiary/aromatic N) is 3. The average Bonchev–Trinajstić information content (AvgIpc) is 2.37. The molecule has 3 heteroatoms. The van der Waals surface area contributed by atoms with Crippen LogP contribution in [0.15, 0.2) is 0 Å². The van der Waals surface area contributed by atoms with E-state index in [4.69, 9.17) is 0 Å². The van der Waals surface area contributed by atoms with Gasteiger partial charge < -0.3 is 0 Å². The maximum absolute atomic E-state index is 4.14. The van der Waals surface area contributed by atoms with Crippen LogP contribution in [0.3, 0.4) is 0 Å². The summed E-state index contributed by atoms with van der Waals surface area (Å²) in [5, 5.41) is 8.16. The molecule has 1 aromatic rings. The molecule has 0 aromatic carbocycles. The van der Waals surface area contributed by atoms with Crippen LogP contribution in [0.25, 0.3) is 0 Å². The fourth-order valence-corrected chi connectivity index (χ4v) is 1.39. The van der Waals surface area contributed by atoms with Crippen molar-refractivity contribution in [2.75, 3.05) is 0 Å². The molecular weight excluding hydrogens is 150 g/mol. The zero-order valence-corrected chi connectivity index (χ0v) is 8.17. The fraction of sp³-hybridized carbons (Fsp3) is 0.778.